The number of fused-ring (bicyclic) bond motifs is 2. The van der Waals surface area contributed by atoms with E-state index in [1.807, 2.05) is 6.08 Å². The molecular weight excluding hydrogens is 385 g/mol. The van der Waals surface area contributed by atoms with Crippen LogP contribution in [0.3, 0.4) is 0 Å². The van der Waals surface area contributed by atoms with Gasteiger partial charge in [-0.1, -0.05) is 58.6 Å². The van der Waals surface area contributed by atoms with E-state index >= 15 is 0 Å². The van der Waals surface area contributed by atoms with Crippen LogP contribution in [0, 0.1) is 5.92 Å². The lowest BCUT2D eigenvalue weighted by Crippen LogP contribution is -2.44. The number of allylic oxidation sites excluding steroid dienone is 3. The molecule has 0 aromatic heterocycles. The summed E-state index contributed by atoms with van der Waals surface area (Å²) in [6.07, 6.45) is 4.49. The molecule has 1 saturated carbocycles. The second-order valence-electron chi connectivity index (χ2n) is 5.91. The normalized spacial score (nSPS) is 40.1. The predicted molar refractivity (Wildman–Crippen MR) is 88.5 cm³/mol. The van der Waals surface area contributed by atoms with Gasteiger partial charge in [-0.3, -0.25) is 0 Å². The van der Waals surface area contributed by atoms with Crippen LogP contribution in [0.4, 0.5) is 0 Å². The van der Waals surface area contributed by atoms with Gasteiger partial charge in [-0.2, -0.15) is 0 Å². The first kappa shape index (κ1) is 17.5. The molecule has 2 rings (SSSR count). The van der Waals surface area contributed by atoms with Gasteiger partial charge >= 0.3 is 0 Å². The predicted octanol–water partition coefficient (Wildman–Crippen LogP) is 5.56. The molecule has 1 nitrogen and oxygen atoms in total. The van der Waals surface area contributed by atoms with Crippen molar-refractivity contribution in [3.63, 3.8) is 0 Å². The highest BCUT2D eigenvalue weighted by atomic mass is 35.5. The largest absolute Gasteiger partial charge is 0.386 e. The van der Waals surface area contributed by atoms with Crippen LogP contribution in [0.25, 0.3) is 0 Å². The lowest BCUT2D eigenvalue weighted by Gasteiger charge is -2.33. The first-order valence-corrected chi connectivity index (χ1v) is 8.36. The Labute approximate surface area is 148 Å². The maximum atomic E-state index is 9.68. The van der Waals surface area contributed by atoms with Gasteiger partial charge < -0.3 is 5.11 Å². The lowest BCUT2D eigenvalue weighted by molar-refractivity contribution is 0.132. The average molecular weight is 399 g/mol. The Morgan fingerprint density at radius 3 is 2.15 bits per heavy atom. The van der Waals surface area contributed by atoms with E-state index in [0.717, 1.165) is 0 Å². The number of hydrogen-bond donors (Lipinski definition) is 1. The van der Waals surface area contributed by atoms with Crippen molar-refractivity contribution in [1.82, 2.24) is 0 Å². The molecule has 1 N–H and O–H groups in total. The van der Waals surface area contributed by atoms with Crippen molar-refractivity contribution >= 4 is 69.6 Å². The third-order valence-corrected chi connectivity index (χ3v) is 8.18. The molecule has 2 bridgehead atoms. The first-order chi connectivity index (χ1) is 8.88. The molecule has 0 aromatic rings. The molecule has 0 heterocycles. The summed E-state index contributed by atoms with van der Waals surface area (Å²) in [4.78, 5) is -2.37. The van der Waals surface area contributed by atoms with E-state index in [-0.39, 0.29) is 16.0 Å². The zero-order valence-corrected chi connectivity index (χ0v) is 15.4. The molecule has 3 atom stereocenters. The van der Waals surface area contributed by atoms with Crippen LogP contribution < -0.4 is 0 Å². The number of halogens is 6. The maximum Gasteiger partial charge on any atom is 0.166 e. The Balaban J connectivity index is 2.31. The zero-order chi connectivity index (χ0) is 15.6. The van der Waals surface area contributed by atoms with Crippen molar-refractivity contribution in [3.8, 4) is 0 Å². The smallest absolute Gasteiger partial charge is 0.166 e. The van der Waals surface area contributed by atoms with E-state index in [9.17, 15) is 5.11 Å². The molecule has 0 aliphatic heterocycles. The summed E-state index contributed by atoms with van der Waals surface area (Å²) < 4.78 is -1.47. The molecule has 2 aliphatic rings. The molecule has 114 valence electrons. The van der Waals surface area contributed by atoms with Crippen LogP contribution in [0.5, 0.6) is 0 Å². The van der Waals surface area contributed by atoms with Crippen LogP contribution in [-0.2, 0) is 0 Å². The second-order valence-corrected chi connectivity index (χ2v) is 9.23. The summed E-state index contributed by atoms with van der Waals surface area (Å²) in [6, 6.07) is 0. The van der Waals surface area contributed by atoms with E-state index in [1.54, 1.807) is 19.9 Å². The van der Waals surface area contributed by atoms with Gasteiger partial charge in [0.25, 0.3) is 0 Å². The number of aliphatic hydroxyl groups is 1. The zero-order valence-electron chi connectivity index (χ0n) is 10.9. The van der Waals surface area contributed by atoms with Crippen molar-refractivity contribution in [2.75, 3.05) is 0 Å². The van der Waals surface area contributed by atoms with Crippen molar-refractivity contribution in [3.05, 3.63) is 22.2 Å². The fourth-order valence-electron chi connectivity index (χ4n) is 2.80. The summed E-state index contributed by atoms with van der Waals surface area (Å²) in [5.74, 6) is -0.162. The Hall–Kier alpha value is 1.18. The van der Waals surface area contributed by atoms with Crippen LogP contribution >= 0.6 is 69.6 Å². The highest BCUT2D eigenvalue weighted by molar-refractivity contribution is 6.65. The highest BCUT2D eigenvalue weighted by Gasteiger charge is 2.77. The Bertz CT molecular complexity index is 492. The van der Waals surface area contributed by atoms with E-state index in [0.29, 0.717) is 12.8 Å². The molecule has 0 amide bonds. The van der Waals surface area contributed by atoms with Crippen molar-refractivity contribution in [2.45, 2.75) is 46.4 Å². The number of rotatable bonds is 3. The van der Waals surface area contributed by atoms with Crippen LogP contribution in [-0.4, -0.2) is 24.8 Å². The van der Waals surface area contributed by atoms with E-state index < -0.39 is 19.7 Å². The SMILES string of the molecule is CC(C)(O)C=CCC1CC2(Cl)C(Cl)=C(Cl)C1(Cl)C2(Cl)Cl. The molecule has 3 unspecified atom stereocenters. The van der Waals surface area contributed by atoms with Gasteiger partial charge in [-0.05, 0) is 32.6 Å². The summed E-state index contributed by atoms with van der Waals surface area (Å²) in [7, 11) is 0. The number of alkyl halides is 4. The summed E-state index contributed by atoms with van der Waals surface area (Å²) in [6.45, 7) is 3.36. The van der Waals surface area contributed by atoms with Gasteiger partial charge in [0.1, 0.15) is 9.75 Å². The van der Waals surface area contributed by atoms with E-state index in [4.69, 9.17) is 69.6 Å². The third-order valence-electron chi connectivity index (χ3n) is 3.85. The van der Waals surface area contributed by atoms with Gasteiger partial charge in [0, 0.05) is 0 Å². The van der Waals surface area contributed by atoms with Crippen molar-refractivity contribution in [2.24, 2.45) is 5.92 Å². The van der Waals surface area contributed by atoms with Crippen LogP contribution in [0.1, 0.15) is 26.7 Å². The van der Waals surface area contributed by atoms with Gasteiger partial charge in [0.2, 0.25) is 0 Å². The highest BCUT2D eigenvalue weighted by Crippen LogP contribution is 2.74. The average Bonchev–Trinajstić information content (AvgIpc) is 2.50. The summed E-state index contributed by atoms with van der Waals surface area (Å²) in [5.41, 5.74) is -0.897. The first-order valence-electron chi connectivity index (χ1n) is 6.10. The monoisotopic (exact) mass is 396 g/mol. The second kappa shape index (κ2) is 5.09. The number of hydrogen-bond acceptors (Lipinski definition) is 1. The van der Waals surface area contributed by atoms with Gasteiger partial charge in [-0.25, -0.2) is 0 Å². The minimum absolute atomic E-state index is 0.162. The lowest BCUT2D eigenvalue weighted by atomic mass is 9.88. The molecule has 0 spiro atoms. The van der Waals surface area contributed by atoms with E-state index in [1.165, 1.54) is 0 Å². The van der Waals surface area contributed by atoms with Gasteiger partial charge in [-0.15, -0.1) is 23.2 Å². The maximum absolute atomic E-state index is 9.68. The Morgan fingerprint density at radius 2 is 1.75 bits per heavy atom. The van der Waals surface area contributed by atoms with Crippen molar-refractivity contribution < 1.29 is 5.11 Å². The molecule has 0 aromatic carbocycles. The van der Waals surface area contributed by atoms with Crippen molar-refractivity contribution in [1.29, 1.82) is 0 Å². The third kappa shape index (κ3) is 2.24. The summed E-state index contributed by atoms with van der Waals surface area (Å²) in [5, 5.41) is 10.1. The van der Waals surface area contributed by atoms with Gasteiger partial charge in [0.15, 0.2) is 4.33 Å². The molecule has 0 radical (unpaired) electrons. The van der Waals surface area contributed by atoms with E-state index in [2.05, 4.69) is 0 Å². The fourth-order valence-corrected chi connectivity index (χ4v) is 5.65. The molecule has 7 heteroatoms. The van der Waals surface area contributed by atoms with Gasteiger partial charge in [0.05, 0.1) is 15.7 Å². The topological polar surface area (TPSA) is 20.2 Å². The molecular formula is C13H14Cl6O. The fraction of sp³-hybridized carbons (Fsp3) is 0.692. The quantitative estimate of drug-likeness (QED) is 0.487. The minimum atomic E-state index is -1.47. The summed E-state index contributed by atoms with van der Waals surface area (Å²) >= 11 is 38.3. The molecule has 2 aliphatic carbocycles. The van der Waals surface area contributed by atoms with Crippen LogP contribution in [0.2, 0.25) is 0 Å². The van der Waals surface area contributed by atoms with Crippen LogP contribution in [0.15, 0.2) is 22.2 Å². The Morgan fingerprint density at radius 1 is 1.20 bits per heavy atom. The molecule has 0 saturated heterocycles. The molecule has 1 fully saturated rings. The standard InChI is InChI=1S/C13H14Cl6O/c1-10(2,20)5-3-4-7-6-11(16)8(14)9(15)12(7,17)13(11,18)19/h3,5,7,20H,4,6H2,1-2H3. The molecule has 20 heavy (non-hydrogen) atoms. The Kier molecular flexibility index (Phi) is 4.46. The minimum Gasteiger partial charge on any atom is -0.386 e.